The van der Waals surface area contributed by atoms with Crippen LogP contribution in [0.2, 0.25) is 0 Å². The number of nitrogens with zero attached hydrogens (tertiary/aromatic N) is 3. The van der Waals surface area contributed by atoms with Crippen LogP contribution in [-0.4, -0.2) is 20.5 Å². The first-order valence-electron chi connectivity index (χ1n) is 4.33. The van der Waals surface area contributed by atoms with Crippen molar-refractivity contribution in [2.24, 2.45) is 0 Å². The average Bonchev–Trinajstić information content (AvgIpc) is 2.53. The molecule has 0 amide bonds. The molecular weight excluding hydrogens is 186 g/mol. The molecule has 0 N–H and O–H groups in total. The van der Waals surface area contributed by atoms with E-state index < -0.39 is 4.92 Å². The summed E-state index contributed by atoms with van der Waals surface area (Å²) in [5.41, 5.74) is 0. The summed E-state index contributed by atoms with van der Waals surface area (Å²) in [5, 5.41) is 13.9. The second-order valence-corrected chi connectivity index (χ2v) is 2.92. The van der Waals surface area contributed by atoms with Gasteiger partial charge in [0.15, 0.2) is 5.78 Å². The first-order valence-corrected chi connectivity index (χ1v) is 4.33. The highest BCUT2D eigenvalue weighted by molar-refractivity contribution is 5.77. The van der Waals surface area contributed by atoms with E-state index in [1.54, 1.807) is 0 Å². The molecule has 1 aromatic heterocycles. The number of hydrogen-bond acceptors (Lipinski definition) is 4. The lowest BCUT2D eigenvalue weighted by Gasteiger charge is -1.94. The summed E-state index contributed by atoms with van der Waals surface area (Å²) in [4.78, 5) is 20.8. The van der Waals surface area contributed by atoms with E-state index in [0.29, 0.717) is 6.42 Å². The molecule has 0 saturated carbocycles. The molecule has 0 aromatic carbocycles. The van der Waals surface area contributed by atoms with Gasteiger partial charge < -0.3 is 10.1 Å². The average molecular weight is 197 g/mol. The molecule has 0 bridgehead atoms. The van der Waals surface area contributed by atoms with Gasteiger partial charge in [0.25, 0.3) is 0 Å². The maximum atomic E-state index is 11.2. The van der Waals surface area contributed by atoms with Gasteiger partial charge in [-0.25, -0.2) is 0 Å². The molecular formula is C8H11N3O3. The molecule has 0 saturated heterocycles. The number of rotatable bonds is 5. The van der Waals surface area contributed by atoms with Crippen molar-refractivity contribution in [2.75, 3.05) is 0 Å². The number of Topliss-reactive ketones (excluding diaryl/α,β-unsaturated/α-hetero) is 1. The standard InChI is InChI=1S/C8H11N3O3/c1-2-3-7(12)6-10-5-4-8(9-10)11(13)14/h4-5H,2-3,6H2,1H3. The summed E-state index contributed by atoms with van der Waals surface area (Å²) in [6, 6.07) is 1.28. The highest BCUT2D eigenvalue weighted by atomic mass is 16.6. The summed E-state index contributed by atoms with van der Waals surface area (Å²) in [6.07, 6.45) is 2.70. The van der Waals surface area contributed by atoms with Crippen LogP contribution in [0.15, 0.2) is 12.3 Å². The van der Waals surface area contributed by atoms with E-state index in [9.17, 15) is 14.9 Å². The third kappa shape index (κ3) is 2.65. The molecule has 1 aromatic rings. The zero-order valence-corrected chi connectivity index (χ0v) is 7.84. The lowest BCUT2D eigenvalue weighted by Crippen LogP contribution is -2.10. The van der Waals surface area contributed by atoms with Crippen molar-refractivity contribution in [3.05, 3.63) is 22.4 Å². The van der Waals surface area contributed by atoms with Gasteiger partial charge in [0.05, 0.1) is 17.4 Å². The Morgan fingerprint density at radius 1 is 1.71 bits per heavy atom. The molecule has 0 fully saturated rings. The number of nitro groups is 1. The molecule has 76 valence electrons. The minimum absolute atomic E-state index is 0.0329. The maximum Gasteiger partial charge on any atom is 0.389 e. The van der Waals surface area contributed by atoms with Crippen LogP contribution in [0.4, 0.5) is 5.82 Å². The van der Waals surface area contributed by atoms with Gasteiger partial charge in [0.1, 0.15) is 6.54 Å². The minimum atomic E-state index is -0.583. The van der Waals surface area contributed by atoms with Gasteiger partial charge in [0, 0.05) is 6.42 Å². The van der Waals surface area contributed by atoms with Crippen molar-refractivity contribution in [1.29, 1.82) is 0 Å². The van der Waals surface area contributed by atoms with Gasteiger partial charge in [-0.05, 0) is 11.3 Å². The Balaban J connectivity index is 2.59. The third-order valence-corrected chi connectivity index (χ3v) is 1.68. The van der Waals surface area contributed by atoms with Crippen molar-refractivity contribution < 1.29 is 9.72 Å². The van der Waals surface area contributed by atoms with Gasteiger partial charge in [-0.1, -0.05) is 6.92 Å². The van der Waals surface area contributed by atoms with Gasteiger partial charge >= 0.3 is 5.82 Å². The number of ketones is 1. The second kappa shape index (κ2) is 4.50. The minimum Gasteiger partial charge on any atom is -0.358 e. The Labute approximate surface area is 80.7 Å². The molecule has 14 heavy (non-hydrogen) atoms. The molecule has 1 rings (SSSR count). The second-order valence-electron chi connectivity index (χ2n) is 2.92. The van der Waals surface area contributed by atoms with Crippen LogP contribution in [0.25, 0.3) is 0 Å². The fourth-order valence-electron chi connectivity index (χ4n) is 1.07. The highest BCUT2D eigenvalue weighted by Crippen LogP contribution is 2.05. The molecule has 0 aliphatic rings. The monoisotopic (exact) mass is 197 g/mol. The Morgan fingerprint density at radius 2 is 2.43 bits per heavy atom. The van der Waals surface area contributed by atoms with Gasteiger partial charge in [-0.15, -0.1) is 0 Å². The van der Waals surface area contributed by atoms with E-state index in [1.165, 1.54) is 16.9 Å². The van der Waals surface area contributed by atoms with E-state index >= 15 is 0 Å². The topological polar surface area (TPSA) is 78.0 Å². The normalized spacial score (nSPS) is 10.1. The summed E-state index contributed by atoms with van der Waals surface area (Å²) in [5.74, 6) is -0.195. The predicted molar refractivity (Wildman–Crippen MR) is 48.8 cm³/mol. The Kier molecular flexibility index (Phi) is 3.33. The SMILES string of the molecule is CCCC(=O)Cn1ccc([N+](=O)[O-])n1. The summed E-state index contributed by atoms with van der Waals surface area (Å²) in [6.45, 7) is 2.02. The molecule has 6 nitrogen and oxygen atoms in total. The Bertz CT molecular complexity index is 345. The van der Waals surface area contributed by atoms with E-state index in [-0.39, 0.29) is 18.1 Å². The molecule has 0 aliphatic heterocycles. The largest absolute Gasteiger partial charge is 0.389 e. The zero-order valence-electron chi connectivity index (χ0n) is 7.84. The van der Waals surface area contributed by atoms with Crippen molar-refractivity contribution in [2.45, 2.75) is 26.3 Å². The zero-order chi connectivity index (χ0) is 10.6. The van der Waals surface area contributed by atoms with E-state index in [4.69, 9.17) is 0 Å². The Hall–Kier alpha value is -1.72. The van der Waals surface area contributed by atoms with Crippen molar-refractivity contribution in [1.82, 2.24) is 9.78 Å². The lowest BCUT2D eigenvalue weighted by atomic mass is 10.2. The summed E-state index contributed by atoms with van der Waals surface area (Å²) < 4.78 is 1.29. The van der Waals surface area contributed by atoms with Gasteiger partial charge in [0.2, 0.25) is 0 Å². The predicted octanol–water partition coefficient (Wildman–Crippen LogP) is 1.16. The van der Waals surface area contributed by atoms with Crippen molar-refractivity contribution in [3.63, 3.8) is 0 Å². The van der Waals surface area contributed by atoms with Crippen LogP contribution in [0.3, 0.4) is 0 Å². The first kappa shape index (κ1) is 10.4. The molecule has 0 aliphatic carbocycles. The fraction of sp³-hybridized carbons (Fsp3) is 0.500. The Morgan fingerprint density at radius 3 is 2.93 bits per heavy atom. The smallest absolute Gasteiger partial charge is 0.358 e. The van der Waals surface area contributed by atoms with Crippen LogP contribution in [-0.2, 0) is 11.3 Å². The van der Waals surface area contributed by atoms with Crippen molar-refractivity contribution in [3.8, 4) is 0 Å². The molecule has 0 unspecified atom stereocenters. The first-order chi connectivity index (χ1) is 6.63. The highest BCUT2D eigenvalue weighted by Gasteiger charge is 2.12. The van der Waals surface area contributed by atoms with Crippen LogP contribution in [0, 0.1) is 10.1 Å². The number of hydrogen-bond donors (Lipinski definition) is 0. The van der Waals surface area contributed by atoms with Gasteiger partial charge in [-0.2, -0.15) is 4.68 Å². The molecule has 0 radical (unpaired) electrons. The number of carbonyl (C=O) groups excluding carboxylic acids is 1. The van der Waals surface area contributed by atoms with Crippen LogP contribution >= 0.6 is 0 Å². The molecule has 6 heteroatoms. The van der Waals surface area contributed by atoms with Crippen LogP contribution in [0.1, 0.15) is 19.8 Å². The summed E-state index contributed by atoms with van der Waals surface area (Å²) in [7, 11) is 0. The number of aromatic nitrogens is 2. The van der Waals surface area contributed by atoms with Crippen LogP contribution < -0.4 is 0 Å². The van der Waals surface area contributed by atoms with Crippen LogP contribution in [0.5, 0.6) is 0 Å². The maximum absolute atomic E-state index is 11.2. The molecule has 1 heterocycles. The fourth-order valence-corrected chi connectivity index (χ4v) is 1.07. The van der Waals surface area contributed by atoms with Gasteiger partial charge in [-0.3, -0.25) is 4.79 Å². The van der Waals surface area contributed by atoms with E-state index in [1.807, 2.05) is 6.92 Å². The van der Waals surface area contributed by atoms with E-state index in [2.05, 4.69) is 5.10 Å². The number of carbonyl (C=O) groups is 1. The van der Waals surface area contributed by atoms with E-state index in [0.717, 1.165) is 6.42 Å². The quantitative estimate of drug-likeness (QED) is 0.524. The van der Waals surface area contributed by atoms with Crippen molar-refractivity contribution >= 4 is 11.6 Å². The third-order valence-electron chi connectivity index (χ3n) is 1.68. The molecule has 0 spiro atoms. The summed E-state index contributed by atoms with van der Waals surface area (Å²) >= 11 is 0. The molecule has 0 atom stereocenters. The lowest BCUT2D eigenvalue weighted by molar-refractivity contribution is -0.389.